The molecule has 0 fully saturated rings. The minimum atomic E-state index is -0.941. The van der Waals surface area contributed by atoms with Gasteiger partial charge in [0.05, 0.1) is 13.2 Å². The molecule has 0 aromatic heterocycles. The average Bonchev–Trinajstić information content (AvgIpc) is 2.62. The first kappa shape index (κ1) is 24.0. The van der Waals surface area contributed by atoms with E-state index in [0.29, 0.717) is 42.6 Å². The molecule has 28 heavy (non-hydrogen) atoms. The van der Waals surface area contributed by atoms with Gasteiger partial charge in [-0.3, -0.25) is 4.79 Å². The highest BCUT2D eigenvalue weighted by Gasteiger charge is 2.35. The normalized spacial score (nSPS) is 13.1. The van der Waals surface area contributed by atoms with Gasteiger partial charge in [-0.05, 0) is 57.7 Å². The van der Waals surface area contributed by atoms with Crippen LogP contribution in [0.25, 0.3) is 0 Å². The second-order valence-corrected chi connectivity index (χ2v) is 7.35. The lowest BCUT2D eigenvalue weighted by Crippen LogP contribution is -2.44. The van der Waals surface area contributed by atoms with Crippen LogP contribution in [0, 0.1) is 5.92 Å². The molecular formula is C22H35NO5. The van der Waals surface area contributed by atoms with Gasteiger partial charge in [0.2, 0.25) is 0 Å². The van der Waals surface area contributed by atoms with Crippen LogP contribution in [0.4, 0.5) is 5.69 Å². The Morgan fingerprint density at radius 1 is 1.14 bits per heavy atom. The van der Waals surface area contributed by atoms with Gasteiger partial charge in [-0.25, -0.2) is 4.79 Å². The fourth-order valence-electron chi connectivity index (χ4n) is 3.01. The Balaban J connectivity index is 3.07. The second-order valence-electron chi connectivity index (χ2n) is 7.35. The number of unbranched alkanes of at least 4 members (excludes halogenated alkanes) is 1. The summed E-state index contributed by atoms with van der Waals surface area (Å²) >= 11 is 0. The molecule has 6 heteroatoms. The number of amides is 1. The van der Waals surface area contributed by atoms with Crippen molar-refractivity contribution in [3.05, 3.63) is 23.8 Å². The highest BCUT2D eigenvalue weighted by atomic mass is 16.5. The maximum absolute atomic E-state index is 12.9. The number of hydrogen-bond acceptors (Lipinski definition) is 5. The molecule has 0 saturated carbocycles. The Morgan fingerprint density at radius 3 is 2.43 bits per heavy atom. The van der Waals surface area contributed by atoms with Gasteiger partial charge in [0.15, 0.2) is 0 Å². The summed E-state index contributed by atoms with van der Waals surface area (Å²) in [6.45, 7) is 12.8. The second kappa shape index (κ2) is 11.7. The summed E-state index contributed by atoms with van der Waals surface area (Å²) in [6, 6.07) is 5.01. The van der Waals surface area contributed by atoms with E-state index in [1.165, 1.54) is 0 Å². The summed E-state index contributed by atoms with van der Waals surface area (Å²) < 4.78 is 16.6. The summed E-state index contributed by atoms with van der Waals surface area (Å²) in [4.78, 5) is 25.2. The Bertz CT molecular complexity index is 644. The number of carbonyl (C=O) groups is 2. The van der Waals surface area contributed by atoms with Crippen LogP contribution >= 0.6 is 0 Å². The van der Waals surface area contributed by atoms with Gasteiger partial charge in [0.25, 0.3) is 5.91 Å². The summed E-state index contributed by atoms with van der Waals surface area (Å²) in [5.41, 5.74) is -0.133. The molecule has 0 heterocycles. The average molecular weight is 394 g/mol. The van der Waals surface area contributed by atoms with E-state index in [-0.39, 0.29) is 12.5 Å². The van der Waals surface area contributed by atoms with Crippen molar-refractivity contribution in [2.75, 3.05) is 25.1 Å². The lowest BCUT2D eigenvalue weighted by Gasteiger charge is -2.30. The number of anilines is 1. The highest BCUT2D eigenvalue weighted by Crippen LogP contribution is 2.27. The number of esters is 1. The SMILES string of the molecule is CCCCOc1ccc(NC(=O)[C@](C)(CC(C)C)OCC)cc1C(=O)OCC. The Hall–Kier alpha value is -2.08. The van der Waals surface area contributed by atoms with Crippen molar-refractivity contribution in [2.45, 2.75) is 66.4 Å². The molecule has 158 valence electrons. The molecule has 0 bridgehead atoms. The van der Waals surface area contributed by atoms with Crippen molar-refractivity contribution in [1.29, 1.82) is 0 Å². The zero-order valence-corrected chi connectivity index (χ0v) is 18.1. The monoisotopic (exact) mass is 393 g/mol. The topological polar surface area (TPSA) is 73.9 Å². The van der Waals surface area contributed by atoms with Crippen LogP contribution in [-0.2, 0) is 14.3 Å². The Morgan fingerprint density at radius 2 is 1.86 bits per heavy atom. The lowest BCUT2D eigenvalue weighted by molar-refractivity contribution is -0.140. The van der Waals surface area contributed by atoms with E-state index in [2.05, 4.69) is 12.2 Å². The third-order valence-electron chi connectivity index (χ3n) is 4.23. The summed E-state index contributed by atoms with van der Waals surface area (Å²) in [6.07, 6.45) is 2.48. The number of hydrogen-bond donors (Lipinski definition) is 1. The van der Waals surface area contributed by atoms with Crippen molar-refractivity contribution in [1.82, 2.24) is 0 Å². The fourth-order valence-corrected chi connectivity index (χ4v) is 3.01. The zero-order valence-electron chi connectivity index (χ0n) is 18.1. The summed E-state index contributed by atoms with van der Waals surface area (Å²) in [5, 5.41) is 2.88. The van der Waals surface area contributed by atoms with Crippen LogP contribution in [0.15, 0.2) is 18.2 Å². The van der Waals surface area contributed by atoms with E-state index in [9.17, 15) is 9.59 Å². The van der Waals surface area contributed by atoms with Crippen molar-refractivity contribution < 1.29 is 23.8 Å². The summed E-state index contributed by atoms with van der Waals surface area (Å²) in [5.74, 6) is 0.0451. The number of nitrogens with one attached hydrogen (secondary N) is 1. The number of ether oxygens (including phenoxy) is 3. The maximum atomic E-state index is 12.9. The minimum Gasteiger partial charge on any atom is -0.493 e. The smallest absolute Gasteiger partial charge is 0.341 e. The molecule has 6 nitrogen and oxygen atoms in total. The zero-order chi connectivity index (χ0) is 21.2. The van der Waals surface area contributed by atoms with E-state index in [1.807, 2.05) is 20.8 Å². The molecule has 0 aliphatic carbocycles. The predicted octanol–water partition coefficient (Wildman–Crippen LogP) is 4.82. The molecule has 1 amide bonds. The van der Waals surface area contributed by atoms with Crippen molar-refractivity contribution in [3.8, 4) is 5.75 Å². The Labute approximate surface area is 168 Å². The quantitative estimate of drug-likeness (QED) is 0.407. The predicted molar refractivity (Wildman–Crippen MR) is 111 cm³/mol. The first-order chi connectivity index (χ1) is 13.3. The molecule has 1 N–H and O–H groups in total. The van der Waals surface area contributed by atoms with Gasteiger partial charge in [0.1, 0.15) is 16.9 Å². The van der Waals surface area contributed by atoms with Crippen LogP contribution in [0.5, 0.6) is 5.75 Å². The summed E-state index contributed by atoms with van der Waals surface area (Å²) in [7, 11) is 0. The van der Waals surface area contributed by atoms with Crippen LogP contribution in [0.2, 0.25) is 0 Å². The maximum Gasteiger partial charge on any atom is 0.341 e. The molecule has 1 atom stereocenters. The number of carbonyl (C=O) groups excluding carboxylic acids is 2. The molecule has 1 aromatic rings. The van der Waals surface area contributed by atoms with Crippen LogP contribution < -0.4 is 10.1 Å². The highest BCUT2D eigenvalue weighted by molar-refractivity contribution is 5.99. The van der Waals surface area contributed by atoms with Crippen LogP contribution in [0.3, 0.4) is 0 Å². The number of benzene rings is 1. The van der Waals surface area contributed by atoms with Crippen LogP contribution in [-0.4, -0.2) is 37.3 Å². The molecule has 0 radical (unpaired) electrons. The molecule has 0 saturated heterocycles. The molecule has 1 aromatic carbocycles. The Kier molecular flexibility index (Phi) is 10.0. The molecule has 0 unspecified atom stereocenters. The van der Waals surface area contributed by atoms with Crippen molar-refractivity contribution in [3.63, 3.8) is 0 Å². The van der Waals surface area contributed by atoms with Gasteiger partial charge >= 0.3 is 5.97 Å². The van der Waals surface area contributed by atoms with E-state index in [1.54, 1.807) is 32.0 Å². The third kappa shape index (κ3) is 7.15. The number of rotatable bonds is 12. The standard InChI is InChI=1S/C22H35NO5/c1-7-10-13-27-19-12-11-17(14-18(19)20(24)26-8-2)23-21(25)22(6,28-9-3)15-16(4)5/h11-12,14,16H,7-10,13,15H2,1-6H3,(H,23,25)/t22-/m0/s1. The van der Waals surface area contributed by atoms with E-state index >= 15 is 0 Å². The minimum absolute atomic E-state index is 0.238. The molecule has 0 spiro atoms. The fraction of sp³-hybridized carbons (Fsp3) is 0.636. The van der Waals surface area contributed by atoms with E-state index in [4.69, 9.17) is 14.2 Å². The first-order valence-electron chi connectivity index (χ1n) is 10.2. The molecule has 1 rings (SSSR count). The van der Waals surface area contributed by atoms with Crippen molar-refractivity contribution in [2.24, 2.45) is 5.92 Å². The lowest BCUT2D eigenvalue weighted by atomic mass is 9.93. The van der Waals surface area contributed by atoms with Gasteiger partial charge in [-0.1, -0.05) is 27.2 Å². The van der Waals surface area contributed by atoms with Crippen molar-refractivity contribution >= 4 is 17.6 Å². The third-order valence-corrected chi connectivity index (χ3v) is 4.23. The van der Waals surface area contributed by atoms with Gasteiger partial charge in [0, 0.05) is 12.3 Å². The first-order valence-corrected chi connectivity index (χ1v) is 10.2. The van der Waals surface area contributed by atoms with Gasteiger partial charge in [-0.15, -0.1) is 0 Å². The van der Waals surface area contributed by atoms with Crippen LogP contribution in [0.1, 0.15) is 71.2 Å². The largest absolute Gasteiger partial charge is 0.493 e. The van der Waals surface area contributed by atoms with E-state index < -0.39 is 11.6 Å². The molecule has 0 aliphatic heterocycles. The van der Waals surface area contributed by atoms with E-state index in [0.717, 1.165) is 12.8 Å². The van der Waals surface area contributed by atoms with Gasteiger partial charge in [-0.2, -0.15) is 0 Å². The van der Waals surface area contributed by atoms with Gasteiger partial charge < -0.3 is 19.5 Å². The molecular weight excluding hydrogens is 358 g/mol. The molecule has 0 aliphatic rings.